The van der Waals surface area contributed by atoms with Crippen LogP contribution in [0.4, 0.5) is 0 Å². The molecule has 0 radical (unpaired) electrons. The number of aliphatic hydroxyl groups is 6. The number of esters is 6. The second-order valence-electron chi connectivity index (χ2n) is 14.8. The number of aliphatic hydroxyl groups excluding tert-OH is 6. The van der Waals surface area contributed by atoms with Gasteiger partial charge in [-0.2, -0.15) is 0 Å². The Morgan fingerprint density at radius 3 is 0.683 bits per heavy atom. The van der Waals surface area contributed by atoms with Gasteiger partial charge in [0.1, 0.15) is 72.1 Å². The number of rotatable bonds is 27. The number of methoxy groups -OCH3 is 2. The van der Waals surface area contributed by atoms with Crippen LogP contribution in [0.2, 0.25) is 0 Å². The molecule has 0 aromatic carbocycles. The average molecular weight is 1890 g/mol. The van der Waals surface area contributed by atoms with E-state index < -0.39 is 148 Å². The van der Waals surface area contributed by atoms with Crippen LogP contribution in [0, 0.1) is 32.5 Å². The van der Waals surface area contributed by atoms with Crippen molar-refractivity contribution in [2.24, 2.45) is 32.5 Å². The van der Waals surface area contributed by atoms with Crippen LogP contribution in [0.5, 0.6) is 0 Å². The Kier molecular flexibility index (Phi) is 43.6. The van der Waals surface area contributed by atoms with Crippen LogP contribution >= 0.6 is 0 Å². The smallest absolute Gasteiger partial charge is 0.318 e. The van der Waals surface area contributed by atoms with E-state index in [4.69, 9.17) is 37.9 Å². The predicted octanol–water partition coefficient (Wildman–Crippen LogP) is -2.48. The van der Waals surface area contributed by atoms with Gasteiger partial charge in [-0.1, -0.05) is 0 Å². The van der Waals surface area contributed by atoms with Crippen molar-refractivity contribution in [3.8, 4) is 0 Å². The van der Waals surface area contributed by atoms with Gasteiger partial charge in [0, 0.05) is 141 Å². The fourth-order valence-electron chi connectivity index (χ4n) is 3.87. The Morgan fingerprint density at radius 2 is 0.500 bits per heavy atom. The van der Waals surface area contributed by atoms with Crippen LogP contribution in [-0.4, -0.2) is 173 Å². The van der Waals surface area contributed by atoms with E-state index in [0.29, 0.717) is 0 Å². The molecule has 60 heavy (non-hydrogen) atoms. The predicted molar refractivity (Wildman–Crippen MR) is 181 cm³/mol. The minimum absolute atomic E-state index is 0. The van der Waals surface area contributed by atoms with Gasteiger partial charge < -0.3 is 68.5 Å². The molecule has 0 aliphatic heterocycles. The summed E-state index contributed by atoms with van der Waals surface area (Å²) in [5, 5.41) is 57.6. The number of hydrogen-bond donors (Lipinski definition) is 6. The molecule has 0 aliphatic carbocycles. The van der Waals surface area contributed by atoms with E-state index in [1.54, 1.807) is 0 Å². The third kappa shape index (κ3) is 22.2. The van der Waals surface area contributed by atoms with E-state index in [1.165, 1.54) is 55.8 Å². The summed E-state index contributed by atoms with van der Waals surface area (Å²) in [6.45, 7) is -1.89. The van der Waals surface area contributed by atoms with Crippen LogP contribution in [-0.2, 0) is 193 Å². The quantitative estimate of drug-likeness (QED) is 0.0282. The Labute approximate surface area is 436 Å². The maximum absolute atomic E-state index is 13.4. The second kappa shape index (κ2) is 34.9. The van der Waals surface area contributed by atoms with E-state index >= 15 is 0 Å². The molecule has 0 spiro atoms. The molecule has 0 saturated carbocycles. The summed E-state index contributed by atoms with van der Waals surface area (Å²) in [5.74, 6) is -6.36. The number of ether oxygens (including phenoxy) is 8. The molecule has 0 fully saturated rings. The maximum atomic E-state index is 13.4. The molecule has 0 aliphatic rings. The molecule has 0 rings (SSSR count). The van der Waals surface area contributed by atoms with Gasteiger partial charge in [-0.05, 0) is 41.5 Å². The molecule has 0 saturated heterocycles. The third-order valence-corrected chi connectivity index (χ3v) is 8.61. The van der Waals surface area contributed by atoms with Crippen molar-refractivity contribution in [2.45, 2.75) is 41.5 Å². The minimum atomic E-state index is -1.95. The first-order valence-corrected chi connectivity index (χ1v) is 16.7. The largest absolute Gasteiger partial charge is 0.464 e. The van der Waals surface area contributed by atoms with Crippen molar-refractivity contribution >= 4 is 35.8 Å². The first-order chi connectivity index (χ1) is 25.0. The Hall–Kier alpha value is 0.630. The topological polar surface area (TPSA) is 298 Å². The van der Waals surface area contributed by atoms with Crippen LogP contribution in [0.25, 0.3) is 0 Å². The molecule has 26 heteroatoms. The molecule has 0 aromatic heterocycles. The van der Waals surface area contributed by atoms with Crippen molar-refractivity contribution in [3.05, 3.63) is 0 Å². The Balaban J connectivity index is -0.000000936. The molecular formula is C34H58O20W6. The molecule has 20 nitrogen and oxygen atoms in total. The summed E-state index contributed by atoms with van der Waals surface area (Å²) in [6.07, 6.45) is 0. The molecule has 6 N–H and O–H groups in total. The maximum Gasteiger partial charge on any atom is 0.318 e. The summed E-state index contributed by atoms with van der Waals surface area (Å²) in [6, 6.07) is 0. The normalized spacial score (nSPS) is 13.9. The van der Waals surface area contributed by atoms with Gasteiger partial charge in [0.2, 0.25) is 0 Å². The van der Waals surface area contributed by atoms with Gasteiger partial charge >= 0.3 is 35.8 Å². The molecule has 0 aromatic rings. The van der Waals surface area contributed by atoms with Gasteiger partial charge in [0.15, 0.2) is 0 Å². The van der Waals surface area contributed by atoms with E-state index in [2.05, 4.69) is 0 Å². The Morgan fingerprint density at radius 1 is 0.317 bits per heavy atom. The number of hydrogen-bond acceptors (Lipinski definition) is 20. The van der Waals surface area contributed by atoms with Crippen LogP contribution < -0.4 is 0 Å². The fourth-order valence-corrected chi connectivity index (χ4v) is 3.87. The van der Waals surface area contributed by atoms with Gasteiger partial charge in [0.05, 0.1) is 52.9 Å². The summed E-state index contributed by atoms with van der Waals surface area (Å²) in [4.78, 5) is 77.5. The van der Waals surface area contributed by atoms with Gasteiger partial charge in [-0.25, -0.2) is 0 Å². The zero-order chi connectivity index (χ0) is 42.0. The van der Waals surface area contributed by atoms with Gasteiger partial charge in [0.25, 0.3) is 0 Å². The molecule has 2 atom stereocenters. The first-order valence-electron chi connectivity index (χ1n) is 16.7. The molecule has 0 bridgehead atoms. The van der Waals surface area contributed by atoms with E-state index in [0.717, 1.165) is 0 Å². The monoisotopic (exact) mass is 1890 g/mol. The SMILES string of the molecule is COCC(C)(CO)C(=O)OCC(C)(COC(=O)C(C)(CO)COC)C(=O)OCCOC(=O)C(C)(COC(=O)C(C)(CO)CO)COC(=O)C(C)(CO)CO.[W].[W].[W].[W].[W].[W]. The fraction of sp³-hybridized carbons (Fsp3) is 0.824. The molecule has 0 heterocycles. The zero-order valence-corrected chi connectivity index (χ0v) is 52.3. The summed E-state index contributed by atoms with van der Waals surface area (Å²) < 4.78 is 41.4. The zero-order valence-electron chi connectivity index (χ0n) is 34.7. The number of carbonyl (C=O) groups is 6. The summed E-state index contributed by atoms with van der Waals surface area (Å²) >= 11 is 0. The van der Waals surface area contributed by atoms with Crippen molar-refractivity contribution in [2.75, 3.05) is 107 Å². The minimum Gasteiger partial charge on any atom is -0.464 e. The summed E-state index contributed by atoms with van der Waals surface area (Å²) in [7, 11) is 2.59. The van der Waals surface area contributed by atoms with Crippen LogP contribution in [0.3, 0.4) is 0 Å². The van der Waals surface area contributed by atoms with Crippen molar-refractivity contribution in [1.29, 1.82) is 0 Å². The molecule has 350 valence electrons. The molecular weight excluding hydrogens is 1830 g/mol. The first kappa shape index (κ1) is 75.0. The van der Waals surface area contributed by atoms with E-state index in [9.17, 15) is 59.4 Å². The second-order valence-corrected chi connectivity index (χ2v) is 14.8. The average Bonchev–Trinajstić information content (AvgIpc) is 3.17. The van der Waals surface area contributed by atoms with E-state index in [-0.39, 0.29) is 140 Å². The third-order valence-electron chi connectivity index (χ3n) is 8.61. The van der Waals surface area contributed by atoms with Crippen molar-refractivity contribution < 1.29 is 224 Å². The van der Waals surface area contributed by atoms with Crippen LogP contribution in [0.15, 0.2) is 0 Å². The van der Waals surface area contributed by atoms with Crippen molar-refractivity contribution in [3.63, 3.8) is 0 Å². The van der Waals surface area contributed by atoms with E-state index in [1.807, 2.05) is 0 Å². The van der Waals surface area contributed by atoms with Crippen LogP contribution in [0.1, 0.15) is 41.5 Å². The summed E-state index contributed by atoms with van der Waals surface area (Å²) in [5.41, 5.74) is -10.4. The Bertz CT molecular complexity index is 1200. The number of carbonyl (C=O) groups excluding carboxylic acids is 6. The van der Waals surface area contributed by atoms with Crippen molar-refractivity contribution in [1.82, 2.24) is 0 Å². The molecule has 0 amide bonds. The standard InChI is InChI=1S/C34H58O20.6W/c1-29(11-35,12-36)23(41)51-19-33(5,20-52-24(42)30(2,13-37)14-38)27(45)49-9-10-50-28(46)34(6,21-53-25(43)31(3,15-39)17-47-7)22-54-26(44)32(4,16-40)18-48-8;;;;;;/h35-40H,9-22H2,1-8H3;;;;;;. The van der Waals surface area contributed by atoms with Gasteiger partial charge in [-0.15, -0.1) is 0 Å². The molecule has 2 unspecified atom stereocenters. The van der Waals surface area contributed by atoms with Gasteiger partial charge in [-0.3, -0.25) is 28.8 Å².